The third kappa shape index (κ3) is 23.5. The first-order chi connectivity index (χ1) is 13.8. The number of esters is 1. The smallest absolute Gasteiger partial charge is 0.305 e. The lowest BCUT2D eigenvalue weighted by Crippen LogP contribution is -2.05. The quantitative estimate of drug-likeness (QED) is 0.127. The van der Waals surface area contributed by atoms with E-state index < -0.39 is 0 Å². The van der Waals surface area contributed by atoms with Crippen LogP contribution in [-0.4, -0.2) is 12.6 Å². The van der Waals surface area contributed by atoms with E-state index in [9.17, 15) is 4.79 Å². The summed E-state index contributed by atoms with van der Waals surface area (Å²) in [6.45, 7) is 5.15. The molecule has 0 bridgehead atoms. The van der Waals surface area contributed by atoms with E-state index in [4.69, 9.17) is 4.74 Å². The first-order valence-corrected chi connectivity index (χ1v) is 13.0. The molecule has 0 amide bonds. The molecular formula is C26H52O2. The van der Waals surface area contributed by atoms with E-state index in [2.05, 4.69) is 13.8 Å². The molecule has 0 aromatic heterocycles. The van der Waals surface area contributed by atoms with Crippen LogP contribution >= 0.6 is 0 Å². The zero-order valence-electron chi connectivity index (χ0n) is 19.6. The van der Waals surface area contributed by atoms with Gasteiger partial charge in [0, 0.05) is 6.42 Å². The van der Waals surface area contributed by atoms with Gasteiger partial charge < -0.3 is 4.74 Å². The fourth-order valence-corrected chi connectivity index (χ4v) is 3.78. The highest BCUT2D eigenvalue weighted by molar-refractivity contribution is 5.69. The van der Waals surface area contributed by atoms with Crippen molar-refractivity contribution >= 4 is 5.97 Å². The van der Waals surface area contributed by atoms with Gasteiger partial charge in [0.2, 0.25) is 0 Å². The summed E-state index contributed by atoms with van der Waals surface area (Å²) in [5, 5.41) is 0. The van der Waals surface area contributed by atoms with E-state index in [-0.39, 0.29) is 5.97 Å². The molecule has 0 fully saturated rings. The second-order valence-electron chi connectivity index (χ2n) is 8.69. The summed E-state index contributed by atoms with van der Waals surface area (Å²) in [5.41, 5.74) is 0. The van der Waals surface area contributed by atoms with Crippen molar-refractivity contribution < 1.29 is 9.53 Å². The van der Waals surface area contributed by atoms with E-state index >= 15 is 0 Å². The van der Waals surface area contributed by atoms with Crippen LogP contribution in [0.4, 0.5) is 0 Å². The van der Waals surface area contributed by atoms with Gasteiger partial charge in [-0.3, -0.25) is 4.79 Å². The lowest BCUT2D eigenvalue weighted by atomic mass is 10.0. The number of carbonyl (C=O) groups excluding carboxylic acids is 1. The summed E-state index contributed by atoms with van der Waals surface area (Å²) in [6.07, 6.45) is 28.5. The van der Waals surface area contributed by atoms with E-state index in [1.165, 1.54) is 122 Å². The Labute approximate surface area is 177 Å². The standard InChI is InChI=1S/C26H52O2/c1-3-5-7-9-11-12-13-14-15-16-17-18-19-21-23-25-28-26(27)24-22-20-10-8-6-4-2/h3-25H2,1-2H3. The van der Waals surface area contributed by atoms with Gasteiger partial charge in [0.1, 0.15) is 0 Å². The van der Waals surface area contributed by atoms with Gasteiger partial charge in [-0.25, -0.2) is 0 Å². The molecule has 0 radical (unpaired) electrons. The fraction of sp³-hybridized carbons (Fsp3) is 0.962. The average Bonchev–Trinajstić information content (AvgIpc) is 2.70. The highest BCUT2D eigenvalue weighted by atomic mass is 16.5. The molecule has 168 valence electrons. The Bertz CT molecular complexity index is 301. The number of carbonyl (C=O) groups is 1. The van der Waals surface area contributed by atoms with Crippen molar-refractivity contribution in [2.45, 2.75) is 155 Å². The Balaban J connectivity index is 3.10. The first kappa shape index (κ1) is 27.5. The highest BCUT2D eigenvalue weighted by Crippen LogP contribution is 2.13. The number of rotatable bonds is 23. The van der Waals surface area contributed by atoms with Crippen molar-refractivity contribution in [3.05, 3.63) is 0 Å². The van der Waals surface area contributed by atoms with Crippen LogP contribution in [0.2, 0.25) is 0 Å². The van der Waals surface area contributed by atoms with Crippen molar-refractivity contribution in [2.75, 3.05) is 6.61 Å². The van der Waals surface area contributed by atoms with Gasteiger partial charge in [-0.15, -0.1) is 0 Å². The van der Waals surface area contributed by atoms with E-state index in [1.54, 1.807) is 0 Å². The van der Waals surface area contributed by atoms with Crippen molar-refractivity contribution in [3.63, 3.8) is 0 Å². The van der Waals surface area contributed by atoms with E-state index in [0.717, 1.165) is 12.8 Å². The molecule has 0 aliphatic carbocycles. The van der Waals surface area contributed by atoms with Gasteiger partial charge in [-0.05, 0) is 12.8 Å². The minimum atomic E-state index is 0.0147. The molecule has 0 aromatic carbocycles. The van der Waals surface area contributed by atoms with Crippen LogP contribution in [0, 0.1) is 0 Å². The summed E-state index contributed by atoms with van der Waals surface area (Å²) in [4.78, 5) is 11.7. The second-order valence-corrected chi connectivity index (χ2v) is 8.69. The van der Waals surface area contributed by atoms with Gasteiger partial charge >= 0.3 is 5.97 Å². The highest BCUT2D eigenvalue weighted by Gasteiger charge is 2.02. The van der Waals surface area contributed by atoms with Gasteiger partial charge in [0.15, 0.2) is 0 Å². The van der Waals surface area contributed by atoms with Crippen LogP contribution in [0.15, 0.2) is 0 Å². The zero-order chi connectivity index (χ0) is 20.5. The molecule has 0 unspecified atom stereocenters. The summed E-state index contributed by atoms with van der Waals surface area (Å²) in [5.74, 6) is 0.0147. The molecule has 0 rings (SSSR count). The predicted molar refractivity (Wildman–Crippen MR) is 124 cm³/mol. The molecule has 0 spiro atoms. The molecule has 0 aliphatic rings. The maximum atomic E-state index is 11.7. The van der Waals surface area contributed by atoms with Gasteiger partial charge in [-0.1, -0.05) is 136 Å². The molecule has 2 heteroatoms. The topological polar surface area (TPSA) is 26.3 Å². The lowest BCUT2D eigenvalue weighted by Gasteiger charge is -2.05. The van der Waals surface area contributed by atoms with Crippen molar-refractivity contribution in [2.24, 2.45) is 0 Å². The Morgan fingerprint density at radius 3 is 1.18 bits per heavy atom. The third-order valence-corrected chi connectivity index (χ3v) is 5.75. The van der Waals surface area contributed by atoms with Crippen LogP contribution in [0.1, 0.15) is 155 Å². The van der Waals surface area contributed by atoms with E-state index in [0.29, 0.717) is 13.0 Å². The molecule has 0 saturated carbocycles. The summed E-state index contributed by atoms with van der Waals surface area (Å²) < 4.78 is 5.34. The molecule has 0 heterocycles. The van der Waals surface area contributed by atoms with Gasteiger partial charge in [0.25, 0.3) is 0 Å². The minimum absolute atomic E-state index is 0.0147. The minimum Gasteiger partial charge on any atom is -0.466 e. The number of hydrogen-bond donors (Lipinski definition) is 0. The molecule has 0 atom stereocenters. The maximum absolute atomic E-state index is 11.7. The number of ether oxygens (including phenoxy) is 1. The Morgan fingerprint density at radius 2 is 0.786 bits per heavy atom. The van der Waals surface area contributed by atoms with Crippen molar-refractivity contribution in [1.29, 1.82) is 0 Å². The van der Waals surface area contributed by atoms with Crippen LogP contribution < -0.4 is 0 Å². The van der Waals surface area contributed by atoms with Crippen molar-refractivity contribution in [1.82, 2.24) is 0 Å². The summed E-state index contributed by atoms with van der Waals surface area (Å²) in [7, 11) is 0. The van der Waals surface area contributed by atoms with Crippen molar-refractivity contribution in [3.8, 4) is 0 Å². The summed E-state index contributed by atoms with van der Waals surface area (Å²) >= 11 is 0. The third-order valence-electron chi connectivity index (χ3n) is 5.75. The molecule has 28 heavy (non-hydrogen) atoms. The second kappa shape index (κ2) is 24.5. The van der Waals surface area contributed by atoms with Gasteiger partial charge in [-0.2, -0.15) is 0 Å². The van der Waals surface area contributed by atoms with Crippen LogP contribution in [0.5, 0.6) is 0 Å². The lowest BCUT2D eigenvalue weighted by molar-refractivity contribution is -0.143. The summed E-state index contributed by atoms with van der Waals surface area (Å²) in [6, 6.07) is 0. The monoisotopic (exact) mass is 396 g/mol. The first-order valence-electron chi connectivity index (χ1n) is 13.0. The van der Waals surface area contributed by atoms with Crippen LogP contribution in [0.3, 0.4) is 0 Å². The molecule has 2 nitrogen and oxygen atoms in total. The maximum Gasteiger partial charge on any atom is 0.305 e. The average molecular weight is 397 g/mol. The SMILES string of the molecule is CCCCCCCCCCCCCCCCCOC(=O)CCCCCCCC. The Hall–Kier alpha value is -0.530. The molecule has 0 N–H and O–H groups in total. The largest absolute Gasteiger partial charge is 0.466 e. The Morgan fingerprint density at radius 1 is 0.464 bits per heavy atom. The zero-order valence-corrected chi connectivity index (χ0v) is 19.6. The number of hydrogen-bond acceptors (Lipinski definition) is 2. The molecule has 0 aliphatic heterocycles. The molecule has 0 aromatic rings. The van der Waals surface area contributed by atoms with Crippen LogP contribution in [0.25, 0.3) is 0 Å². The van der Waals surface area contributed by atoms with E-state index in [1.807, 2.05) is 0 Å². The normalized spacial score (nSPS) is 11.1. The number of unbranched alkanes of at least 4 members (excludes halogenated alkanes) is 19. The predicted octanol–water partition coefficient (Wildman–Crippen LogP) is 9.15. The fourth-order valence-electron chi connectivity index (χ4n) is 3.78. The van der Waals surface area contributed by atoms with Crippen LogP contribution in [-0.2, 0) is 9.53 Å². The Kier molecular flexibility index (Phi) is 24.0. The molecular weight excluding hydrogens is 344 g/mol. The van der Waals surface area contributed by atoms with Gasteiger partial charge in [0.05, 0.1) is 6.61 Å². The molecule has 0 saturated heterocycles.